The summed E-state index contributed by atoms with van der Waals surface area (Å²) in [5.41, 5.74) is 0.411. The number of carbonyl (C=O) groups excluding carboxylic acids is 6. The largest absolute Gasteiger partial charge is 0.508 e. The van der Waals surface area contributed by atoms with Crippen molar-refractivity contribution in [2.45, 2.75) is 36.7 Å². The first-order valence-electron chi connectivity index (χ1n) is 25.8. The van der Waals surface area contributed by atoms with Crippen LogP contribution in [-0.4, -0.2) is 186 Å². The number of amides is 4. The number of urea groups is 2. The van der Waals surface area contributed by atoms with Crippen LogP contribution in [0.3, 0.4) is 0 Å². The van der Waals surface area contributed by atoms with E-state index in [1.165, 1.54) is 97.1 Å². The molecule has 422 valence electrons. The molecule has 0 aromatic heterocycles. The number of β-amino-alcohol motifs (C(OH)–C–C–N with tert-alkyl or cyclic N) is 4. The van der Waals surface area contributed by atoms with E-state index in [0.29, 0.717) is 43.1 Å². The second-order valence-corrected chi connectivity index (χ2v) is 20.0. The van der Waals surface area contributed by atoms with Gasteiger partial charge in [0.05, 0.1) is 48.4 Å². The summed E-state index contributed by atoms with van der Waals surface area (Å²) in [6.45, 7) is -5.29. The highest BCUT2D eigenvalue weighted by molar-refractivity contribution is 5.99. The van der Waals surface area contributed by atoms with E-state index < -0.39 is 125 Å². The van der Waals surface area contributed by atoms with Gasteiger partial charge in [0.25, 0.3) is 0 Å². The number of esters is 4. The summed E-state index contributed by atoms with van der Waals surface area (Å²) in [6.07, 6.45) is -9.51. The van der Waals surface area contributed by atoms with Crippen molar-refractivity contribution in [2.75, 3.05) is 52.6 Å². The van der Waals surface area contributed by atoms with Gasteiger partial charge in [0.1, 0.15) is 86.2 Å². The zero-order valence-electron chi connectivity index (χ0n) is 43.4. The molecule has 0 radical (unpaired) electrons. The number of carbonyl (C=O) groups is 6. The molecule has 2 saturated heterocycles. The first-order valence-corrected chi connectivity index (χ1v) is 25.8. The van der Waals surface area contributed by atoms with Crippen molar-refractivity contribution in [2.24, 2.45) is 0 Å². The van der Waals surface area contributed by atoms with Gasteiger partial charge in [0, 0.05) is 0 Å². The summed E-state index contributed by atoms with van der Waals surface area (Å²) in [5.74, 6) is -3.31. The van der Waals surface area contributed by atoms with Crippen molar-refractivity contribution < 1.29 is 88.6 Å². The lowest BCUT2D eigenvalue weighted by Gasteiger charge is -2.32. The van der Waals surface area contributed by atoms with Gasteiger partial charge in [-0.1, -0.05) is 48.5 Å². The van der Waals surface area contributed by atoms with Gasteiger partial charge in [-0.15, -0.1) is 0 Å². The fourth-order valence-corrected chi connectivity index (χ4v) is 10.1. The molecule has 0 bridgehead atoms. The molecule has 2 aliphatic rings. The minimum atomic E-state index is -1.64. The Labute approximate surface area is 465 Å². The molecule has 10 rings (SSSR count). The fourth-order valence-electron chi connectivity index (χ4n) is 10.1. The first-order chi connectivity index (χ1) is 39.3. The molecule has 2 heterocycles. The topological polar surface area (TPSA) is 314 Å². The zero-order chi connectivity index (χ0) is 57.9. The Morgan fingerprint density at radius 1 is 0.329 bits per heavy atom. The molecule has 4 amide bonds. The molecule has 0 aliphatic carbocycles. The molecular formula is C60H54N4O18. The molecule has 2 fully saturated rings. The van der Waals surface area contributed by atoms with Crippen LogP contribution < -0.4 is 0 Å². The second kappa shape index (κ2) is 23.5. The number of nitrogens with zero attached hydrogens (tertiary/aromatic N) is 4. The number of aliphatic hydroxyl groups excluding tert-OH is 4. The number of fused-ring (bicyclic) bond motifs is 5. The molecule has 82 heavy (non-hydrogen) atoms. The fraction of sp³-hybridized carbons (Fsp3) is 0.233. The van der Waals surface area contributed by atoms with Gasteiger partial charge >= 0.3 is 35.9 Å². The van der Waals surface area contributed by atoms with E-state index in [-0.39, 0.29) is 45.3 Å². The van der Waals surface area contributed by atoms with Crippen molar-refractivity contribution in [3.05, 3.63) is 168 Å². The lowest BCUT2D eigenvalue weighted by molar-refractivity contribution is -0.00439. The van der Waals surface area contributed by atoms with E-state index in [2.05, 4.69) is 0 Å². The maximum atomic E-state index is 14.9. The smallest absolute Gasteiger partial charge is 0.338 e. The maximum Gasteiger partial charge on any atom is 0.338 e. The molecule has 0 spiro atoms. The normalized spacial score (nSPS) is 16.6. The van der Waals surface area contributed by atoms with Crippen LogP contribution in [0.25, 0.3) is 43.1 Å². The number of hydrogen-bond acceptors (Lipinski definition) is 18. The van der Waals surface area contributed by atoms with Crippen molar-refractivity contribution in [1.29, 1.82) is 0 Å². The van der Waals surface area contributed by atoms with E-state index in [9.17, 15) is 69.6 Å². The van der Waals surface area contributed by atoms with E-state index in [4.69, 9.17) is 18.9 Å². The third-order valence-electron chi connectivity index (χ3n) is 14.0. The van der Waals surface area contributed by atoms with E-state index >= 15 is 0 Å². The Morgan fingerprint density at radius 3 is 0.744 bits per heavy atom. The van der Waals surface area contributed by atoms with Crippen LogP contribution >= 0.6 is 0 Å². The van der Waals surface area contributed by atoms with Gasteiger partial charge in [0.15, 0.2) is 0 Å². The maximum absolute atomic E-state index is 14.9. The molecule has 22 nitrogen and oxygen atoms in total. The zero-order valence-corrected chi connectivity index (χ0v) is 43.4. The number of phenols is 4. The molecule has 4 unspecified atom stereocenters. The number of hydrogen-bond donors (Lipinski definition) is 8. The highest BCUT2D eigenvalue weighted by Gasteiger charge is 2.60. The summed E-state index contributed by atoms with van der Waals surface area (Å²) in [7, 11) is 0. The number of aromatic hydroxyl groups is 4. The Kier molecular flexibility index (Phi) is 15.9. The number of ether oxygens (including phenoxy) is 4. The van der Waals surface area contributed by atoms with E-state index in [1.807, 2.05) is 0 Å². The lowest BCUT2D eigenvalue weighted by Crippen LogP contribution is -2.52. The predicted octanol–water partition coefficient (Wildman–Crippen LogP) is 5.42. The number of aliphatic hydroxyl groups is 4. The van der Waals surface area contributed by atoms with Crippen LogP contribution in [0.5, 0.6) is 23.0 Å². The number of benzene rings is 8. The average molecular weight is 1120 g/mol. The molecule has 8 aromatic rings. The Balaban J connectivity index is 0.899. The van der Waals surface area contributed by atoms with Crippen LogP contribution in [0.1, 0.15) is 41.4 Å². The summed E-state index contributed by atoms with van der Waals surface area (Å²) < 4.78 is 21.9. The Bertz CT molecular complexity index is 3320. The molecule has 8 N–H and O–H groups in total. The quantitative estimate of drug-likeness (QED) is 0.0349. The predicted molar refractivity (Wildman–Crippen MR) is 293 cm³/mol. The van der Waals surface area contributed by atoms with Gasteiger partial charge in [-0.3, -0.25) is 19.6 Å². The highest BCUT2D eigenvalue weighted by Crippen LogP contribution is 2.37. The standard InChI is InChI=1S/C60H54N4O18/c65-45-13-9-33-17-41(5-1-37(33)21-45)55(73)79-29-49(69)25-61-53-54(63(59(61)77)27-51(71)31-81-57(75)43-7-3-39-23-47(67)15-11-35(39)19-43)64(28-52(72)32-82-58(76)44-8-4-40-24-48(68)16-12-36(40)20-44)60(78)62(53)26-50(70)30-80-56(74)42-6-2-38-22-46(66)14-10-34(38)18-42/h1-24,49-54,65-72H,25-32H2. The summed E-state index contributed by atoms with van der Waals surface area (Å²) >= 11 is 0. The number of rotatable bonds is 20. The van der Waals surface area contributed by atoms with Gasteiger partial charge < -0.3 is 59.8 Å². The third kappa shape index (κ3) is 12.2. The van der Waals surface area contributed by atoms with Gasteiger partial charge in [-0.2, -0.15) is 0 Å². The summed E-state index contributed by atoms with van der Waals surface area (Å²) in [4.78, 5) is 87.1. The van der Waals surface area contributed by atoms with Gasteiger partial charge in [-0.25, -0.2) is 28.8 Å². The van der Waals surface area contributed by atoms with Crippen LogP contribution in [0.2, 0.25) is 0 Å². The van der Waals surface area contributed by atoms with Crippen molar-refractivity contribution in [3.8, 4) is 23.0 Å². The third-order valence-corrected chi connectivity index (χ3v) is 14.0. The second-order valence-electron chi connectivity index (χ2n) is 20.0. The van der Waals surface area contributed by atoms with Crippen LogP contribution in [-0.2, 0) is 18.9 Å². The molecule has 22 heteroatoms. The summed E-state index contributed by atoms with van der Waals surface area (Å²) in [5, 5.41) is 90.7. The average Bonchev–Trinajstić information content (AvgIpc) is 2.66. The lowest BCUT2D eigenvalue weighted by atomic mass is 10.1. The van der Waals surface area contributed by atoms with Crippen molar-refractivity contribution >= 4 is 79.0 Å². The Morgan fingerprint density at radius 2 is 0.524 bits per heavy atom. The van der Waals surface area contributed by atoms with Crippen molar-refractivity contribution in [1.82, 2.24) is 19.6 Å². The minimum Gasteiger partial charge on any atom is -0.508 e. The molecule has 0 saturated carbocycles. The molecule has 4 atom stereocenters. The van der Waals surface area contributed by atoms with Gasteiger partial charge in [0.2, 0.25) is 0 Å². The SMILES string of the molecule is O=C(OCC(O)CN1C(=O)N(CC(O)COC(=O)c2ccc3cc(O)ccc3c2)C2C1N(CC(O)COC(=O)c1ccc3cc(O)ccc3c1)C(=O)N2CC(O)COC(=O)c1ccc2cc(O)ccc2c1)c1ccc2cc(O)ccc2c1. The minimum absolute atomic E-state index is 0.0182. The van der Waals surface area contributed by atoms with Crippen LogP contribution in [0, 0.1) is 0 Å². The monoisotopic (exact) mass is 1120 g/mol. The molecule has 2 aliphatic heterocycles. The number of phenolic OH excluding ortho intramolecular Hbond substituents is 4. The molecular weight excluding hydrogens is 1060 g/mol. The van der Waals surface area contributed by atoms with Crippen LogP contribution in [0.15, 0.2) is 146 Å². The van der Waals surface area contributed by atoms with Crippen molar-refractivity contribution in [3.63, 3.8) is 0 Å². The van der Waals surface area contributed by atoms with Gasteiger partial charge in [-0.05, 0) is 140 Å². The van der Waals surface area contributed by atoms with E-state index in [0.717, 1.165) is 19.6 Å². The summed E-state index contributed by atoms with van der Waals surface area (Å²) in [6, 6.07) is 34.6. The highest BCUT2D eigenvalue weighted by atomic mass is 16.6. The molecule has 8 aromatic carbocycles. The Hall–Kier alpha value is -9.74. The van der Waals surface area contributed by atoms with Crippen LogP contribution in [0.4, 0.5) is 9.59 Å². The van der Waals surface area contributed by atoms with E-state index in [1.54, 1.807) is 48.5 Å². The first kappa shape index (κ1) is 55.6.